The average Bonchev–Trinajstić information content (AvgIpc) is 2.52. The number of carboxylic acid groups (broad SMARTS) is 1. The highest BCUT2D eigenvalue weighted by molar-refractivity contribution is 5.71. The summed E-state index contributed by atoms with van der Waals surface area (Å²) in [6.07, 6.45) is 2.35. The van der Waals surface area contributed by atoms with Crippen LogP contribution in [0.1, 0.15) is 31.4 Å². The quantitative estimate of drug-likeness (QED) is 0.849. The summed E-state index contributed by atoms with van der Waals surface area (Å²) < 4.78 is 0. The minimum atomic E-state index is -0.814. The Hall–Kier alpha value is -2.20. The van der Waals surface area contributed by atoms with E-state index in [2.05, 4.69) is 15.1 Å². The Morgan fingerprint density at radius 2 is 2.00 bits per heavy atom. The van der Waals surface area contributed by atoms with Crippen LogP contribution in [-0.2, 0) is 4.79 Å². The highest BCUT2D eigenvalue weighted by Gasteiger charge is 2.51. The van der Waals surface area contributed by atoms with Gasteiger partial charge >= 0.3 is 5.97 Å². The predicted octanol–water partition coefficient (Wildman–Crippen LogP) is 0.790. The van der Waals surface area contributed by atoms with Crippen LogP contribution >= 0.6 is 0 Å². The number of aliphatic carboxylic acids is 1. The zero-order valence-corrected chi connectivity index (χ0v) is 12.1. The molecule has 7 heteroatoms. The van der Waals surface area contributed by atoms with Crippen LogP contribution in [0.3, 0.4) is 0 Å². The van der Waals surface area contributed by atoms with Crippen LogP contribution in [0.25, 0.3) is 0 Å². The standard InChI is InChI=1S/C15H18N4O3/c16-9-12-1-2-13(18-17-12)19-5-3-11(4-6-19)15(22)7-10(8-15)14(20)21/h1-2,10-11,22H,3-8H2,(H,20,21). The topological polar surface area (TPSA) is 110 Å². The van der Waals surface area contributed by atoms with E-state index in [0.717, 1.165) is 31.7 Å². The van der Waals surface area contributed by atoms with Gasteiger partial charge in [0.05, 0.1) is 11.5 Å². The van der Waals surface area contributed by atoms with Crippen molar-refractivity contribution in [2.45, 2.75) is 31.3 Å². The number of hydrogen-bond donors (Lipinski definition) is 2. The van der Waals surface area contributed by atoms with Crippen LogP contribution < -0.4 is 4.90 Å². The van der Waals surface area contributed by atoms with E-state index >= 15 is 0 Å². The summed E-state index contributed by atoms with van der Waals surface area (Å²) in [5, 5.41) is 36.1. The zero-order chi connectivity index (χ0) is 15.7. The van der Waals surface area contributed by atoms with E-state index in [1.54, 1.807) is 12.1 Å². The van der Waals surface area contributed by atoms with Crippen LogP contribution in [0, 0.1) is 23.2 Å². The van der Waals surface area contributed by atoms with Crippen molar-refractivity contribution in [2.75, 3.05) is 18.0 Å². The SMILES string of the molecule is N#Cc1ccc(N2CCC(C3(O)CC(C(=O)O)C3)CC2)nn1. The third kappa shape index (κ3) is 2.62. The number of rotatable bonds is 3. The van der Waals surface area contributed by atoms with Gasteiger partial charge in [0.25, 0.3) is 0 Å². The van der Waals surface area contributed by atoms with Crippen molar-refractivity contribution >= 4 is 11.8 Å². The molecule has 1 saturated carbocycles. The summed E-state index contributed by atoms with van der Waals surface area (Å²) in [6, 6.07) is 5.37. The van der Waals surface area contributed by atoms with E-state index in [1.165, 1.54) is 0 Å². The molecule has 2 fully saturated rings. The lowest BCUT2D eigenvalue weighted by molar-refractivity contribution is -0.168. The summed E-state index contributed by atoms with van der Waals surface area (Å²) in [4.78, 5) is 13.0. The summed E-state index contributed by atoms with van der Waals surface area (Å²) in [5.74, 6) is -0.324. The van der Waals surface area contributed by atoms with Gasteiger partial charge in [0.2, 0.25) is 0 Å². The minimum Gasteiger partial charge on any atom is -0.481 e. The normalized spacial score (nSPS) is 28.7. The molecule has 0 amide bonds. The smallest absolute Gasteiger partial charge is 0.306 e. The number of aliphatic hydroxyl groups is 1. The maximum atomic E-state index is 10.9. The Morgan fingerprint density at radius 3 is 2.50 bits per heavy atom. The number of nitriles is 1. The largest absolute Gasteiger partial charge is 0.481 e. The molecular weight excluding hydrogens is 284 g/mol. The Labute approximate surface area is 128 Å². The summed E-state index contributed by atoms with van der Waals surface area (Å²) >= 11 is 0. The fourth-order valence-electron chi connectivity index (χ4n) is 3.50. The van der Waals surface area contributed by atoms with Crippen LogP contribution in [-0.4, -0.2) is 45.1 Å². The highest BCUT2D eigenvalue weighted by Crippen LogP contribution is 2.46. The van der Waals surface area contributed by atoms with Gasteiger partial charge in [0, 0.05) is 13.1 Å². The lowest BCUT2D eigenvalue weighted by Crippen LogP contribution is -2.55. The molecule has 1 aromatic heterocycles. The average molecular weight is 302 g/mol. The molecule has 1 aliphatic heterocycles. The molecule has 0 atom stereocenters. The summed E-state index contributed by atoms with van der Waals surface area (Å²) in [7, 11) is 0. The maximum absolute atomic E-state index is 10.9. The zero-order valence-electron chi connectivity index (χ0n) is 12.1. The lowest BCUT2D eigenvalue weighted by Gasteiger charge is -2.49. The van der Waals surface area contributed by atoms with Gasteiger partial charge in [0.1, 0.15) is 6.07 Å². The van der Waals surface area contributed by atoms with Crippen LogP contribution in [0.2, 0.25) is 0 Å². The van der Waals surface area contributed by atoms with Crippen molar-refractivity contribution in [3.8, 4) is 6.07 Å². The molecular formula is C15H18N4O3. The molecule has 3 rings (SSSR count). The van der Waals surface area contributed by atoms with Crippen molar-refractivity contribution in [1.82, 2.24) is 10.2 Å². The monoisotopic (exact) mass is 302 g/mol. The van der Waals surface area contributed by atoms with E-state index in [1.807, 2.05) is 6.07 Å². The molecule has 2 heterocycles. The van der Waals surface area contributed by atoms with Crippen molar-refractivity contribution in [3.05, 3.63) is 17.8 Å². The first-order chi connectivity index (χ1) is 10.5. The van der Waals surface area contributed by atoms with Gasteiger partial charge in [-0.15, -0.1) is 10.2 Å². The van der Waals surface area contributed by atoms with E-state index in [-0.39, 0.29) is 5.92 Å². The Bertz CT molecular complexity index is 596. The van der Waals surface area contributed by atoms with Crippen LogP contribution in [0.5, 0.6) is 0 Å². The second kappa shape index (κ2) is 5.54. The molecule has 116 valence electrons. The third-order valence-electron chi connectivity index (χ3n) is 4.89. The first-order valence-electron chi connectivity index (χ1n) is 7.46. The molecule has 1 saturated heterocycles. The fourth-order valence-corrected chi connectivity index (χ4v) is 3.50. The van der Waals surface area contributed by atoms with E-state index in [9.17, 15) is 9.90 Å². The fraction of sp³-hybridized carbons (Fsp3) is 0.600. The van der Waals surface area contributed by atoms with Gasteiger partial charge in [-0.2, -0.15) is 5.26 Å². The van der Waals surface area contributed by atoms with E-state index in [0.29, 0.717) is 18.5 Å². The van der Waals surface area contributed by atoms with Gasteiger partial charge in [0.15, 0.2) is 11.5 Å². The first kappa shape index (κ1) is 14.7. The molecule has 1 aliphatic carbocycles. The summed E-state index contributed by atoms with van der Waals surface area (Å²) in [6.45, 7) is 1.51. The van der Waals surface area contributed by atoms with E-state index < -0.39 is 17.5 Å². The van der Waals surface area contributed by atoms with Gasteiger partial charge in [-0.1, -0.05) is 0 Å². The second-order valence-electron chi connectivity index (χ2n) is 6.20. The third-order valence-corrected chi connectivity index (χ3v) is 4.89. The van der Waals surface area contributed by atoms with E-state index in [4.69, 9.17) is 10.4 Å². The maximum Gasteiger partial charge on any atom is 0.306 e. The number of aromatic nitrogens is 2. The van der Waals surface area contributed by atoms with Crippen molar-refractivity contribution in [2.24, 2.45) is 11.8 Å². The molecule has 0 aromatic carbocycles. The highest BCUT2D eigenvalue weighted by atomic mass is 16.4. The molecule has 0 spiro atoms. The Balaban J connectivity index is 1.56. The van der Waals surface area contributed by atoms with Gasteiger partial charge < -0.3 is 15.1 Å². The lowest BCUT2D eigenvalue weighted by atomic mass is 9.62. The van der Waals surface area contributed by atoms with Gasteiger partial charge in [-0.3, -0.25) is 4.79 Å². The second-order valence-corrected chi connectivity index (χ2v) is 6.20. The van der Waals surface area contributed by atoms with Gasteiger partial charge in [-0.05, 0) is 43.7 Å². The Morgan fingerprint density at radius 1 is 1.32 bits per heavy atom. The van der Waals surface area contributed by atoms with Gasteiger partial charge in [-0.25, -0.2) is 0 Å². The number of nitrogens with zero attached hydrogens (tertiary/aromatic N) is 4. The molecule has 2 N–H and O–H groups in total. The molecule has 7 nitrogen and oxygen atoms in total. The molecule has 2 aliphatic rings. The number of carbonyl (C=O) groups is 1. The molecule has 0 unspecified atom stereocenters. The van der Waals surface area contributed by atoms with Crippen molar-refractivity contribution in [3.63, 3.8) is 0 Å². The first-order valence-corrected chi connectivity index (χ1v) is 7.46. The number of piperidine rings is 1. The predicted molar refractivity (Wildman–Crippen MR) is 77.0 cm³/mol. The summed E-state index contributed by atoms with van der Waals surface area (Å²) in [5.41, 5.74) is -0.520. The molecule has 1 aromatic rings. The molecule has 0 radical (unpaired) electrons. The minimum absolute atomic E-state index is 0.144. The molecule has 0 bridgehead atoms. The number of carboxylic acids is 1. The van der Waals surface area contributed by atoms with Crippen LogP contribution in [0.4, 0.5) is 5.82 Å². The van der Waals surface area contributed by atoms with Crippen molar-refractivity contribution in [1.29, 1.82) is 5.26 Å². The van der Waals surface area contributed by atoms with Crippen molar-refractivity contribution < 1.29 is 15.0 Å². The Kier molecular flexibility index (Phi) is 3.71. The molecule has 22 heavy (non-hydrogen) atoms. The number of anilines is 1. The van der Waals surface area contributed by atoms with Crippen LogP contribution in [0.15, 0.2) is 12.1 Å². The number of hydrogen-bond acceptors (Lipinski definition) is 6.